The van der Waals surface area contributed by atoms with Gasteiger partial charge in [0.15, 0.2) is 5.17 Å². The maximum absolute atomic E-state index is 15.0. The number of benzene rings is 2. The zero-order valence-electron chi connectivity index (χ0n) is 18.6. The number of halogens is 1. The Morgan fingerprint density at radius 1 is 1.29 bits per heavy atom. The van der Waals surface area contributed by atoms with Crippen LogP contribution in [0.2, 0.25) is 0 Å². The van der Waals surface area contributed by atoms with Gasteiger partial charge in [-0.15, -0.1) is 0 Å². The number of aliphatic imine (C=N–C) groups is 1. The number of hydrogen-bond acceptors (Lipinski definition) is 4. The van der Waals surface area contributed by atoms with E-state index in [1.165, 1.54) is 17.3 Å². The molecular formula is C25H28FN3OS. The minimum atomic E-state index is -0.322. The highest BCUT2D eigenvalue weighted by molar-refractivity contribution is 8.18. The molecule has 162 valence electrons. The number of amidine groups is 1. The lowest BCUT2D eigenvalue weighted by Gasteiger charge is -2.45. The monoisotopic (exact) mass is 437 g/mol. The van der Waals surface area contributed by atoms with Crippen molar-refractivity contribution in [3.8, 4) is 0 Å². The number of rotatable bonds is 3. The Bertz CT molecular complexity index is 1090. The van der Waals surface area contributed by atoms with E-state index in [1.54, 1.807) is 12.1 Å². The SMILES string of the molecule is CCc1ccc(N=C2NC(=O)/C(=C\c3cc4c(cc3F)N(C)C(C)(C)CC4C)S2)cc1. The van der Waals surface area contributed by atoms with Crippen molar-refractivity contribution in [1.29, 1.82) is 0 Å². The molecule has 1 saturated heterocycles. The molecule has 2 heterocycles. The third kappa shape index (κ3) is 4.26. The van der Waals surface area contributed by atoms with Crippen molar-refractivity contribution >= 4 is 40.3 Å². The van der Waals surface area contributed by atoms with E-state index in [1.807, 2.05) is 37.4 Å². The number of carbonyl (C=O) groups is 1. The number of fused-ring (bicyclic) bond motifs is 1. The van der Waals surface area contributed by atoms with E-state index in [0.717, 1.165) is 29.8 Å². The number of hydrogen-bond donors (Lipinski definition) is 1. The Kier molecular flexibility index (Phi) is 5.69. The molecule has 1 unspecified atom stereocenters. The quantitative estimate of drug-likeness (QED) is 0.599. The normalized spacial score (nSPS) is 22.7. The van der Waals surface area contributed by atoms with Crippen molar-refractivity contribution in [2.75, 3.05) is 11.9 Å². The van der Waals surface area contributed by atoms with E-state index >= 15 is 0 Å². The van der Waals surface area contributed by atoms with Crippen molar-refractivity contribution in [2.24, 2.45) is 4.99 Å². The largest absolute Gasteiger partial charge is 0.369 e. The average molecular weight is 438 g/mol. The van der Waals surface area contributed by atoms with E-state index in [9.17, 15) is 9.18 Å². The molecule has 0 spiro atoms. The second-order valence-electron chi connectivity index (χ2n) is 8.91. The van der Waals surface area contributed by atoms with Crippen molar-refractivity contribution in [3.05, 3.63) is 63.8 Å². The topological polar surface area (TPSA) is 44.7 Å². The van der Waals surface area contributed by atoms with Crippen LogP contribution >= 0.6 is 11.8 Å². The fourth-order valence-electron chi connectivity index (χ4n) is 4.26. The summed E-state index contributed by atoms with van der Waals surface area (Å²) in [6.07, 6.45) is 3.58. The van der Waals surface area contributed by atoms with Crippen molar-refractivity contribution < 1.29 is 9.18 Å². The summed E-state index contributed by atoms with van der Waals surface area (Å²) < 4.78 is 15.0. The van der Waals surface area contributed by atoms with Gasteiger partial charge in [-0.2, -0.15) is 0 Å². The number of anilines is 1. The first-order valence-corrected chi connectivity index (χ1v) is 11.5. The molecule has 0 aliphatic carbocycles. The Hall–Kier alpha value is -2.60. The van der Waals surface area contributed by atoms with Crippen LogP contribution in [0.5, 0.6) is 0 Å². The number of aryl methyl sites for hydroxylation is 1. The molecule has 1 N–H and O–H groups in total. The molecule has 2 aliphatic rings. The van der Waals surface area contributed by atoms with Gasteiger partial charge in [0.1, 0.15) is 5.82 Å². The van der Waals surface area contributed by atoms with Crippen molar-refractivity contribution in [2.45, 2.75) is 52.0 Å². The van der Waals surface area contributed by atoms with Gasteiger partial charge in [0.2, 0.25) is 0 Å². The number of carbonyl (C=O) groups excluding carboxylic acids is 1. The molecule has 0 aromatic heterocycles. The van der Waals surface area contributed by atoms with E-state index in [4.69, 9.17) is 0 Å². The smallest absolute Gasteiger partial charge is 0.264 e. The molecule has 0 saturated carbocycles. The minimum absolute atomic E-state index is 0.0271. The van der Waals surface area contributed by atoms with Crippen LogP contribution in [0.1, 0.15) is 56.7 Å². The summed E-state index contributed by atoms with van der Waals surface area (Å²) in [5, 5.41) is 3.29. The molecule has 2 aromatic rings. The van der Waals surface area contributed by atoms with Gasteiger partial charge in [0.05, 0.1) is 10.6 Å². The van der Waals surface area contributed by atoms with Crippen LogP contribution in [0.3, 0.4) is 0 Å². The number of nitrogens with zero attached hydrogens (tertiary/aromatic N) is 2. The van der Waals surface area contributed by atoms with Crippen LogP contribution in [0.15, 0.2) is 46.3 Å². The Balaban J connectivity index is 1.62. The first kappa shape index (κ1) is 21.6. The highest BCUT2D eigenvalue weighted by Crippen LogP contribution is 2.43. The number of thioether (sulfide) groups is 1. The van der Waals surface area contributed by atoms with Crippen LogP contribution in [-0.2, 0) is 11.2 Å². The zero-order valence-corrected chi connectivity index (χ0v) is 19.4. The molecule has 31 heavy (non-hydrogen) atoms. The lowest BCUT2D eigenvalue weighted by atomic mass is 9.80. The summed E-state index contributed by atoms with van der Waals surface area (Å²) in [6.45, 7) is 8.63. The zero-order chi connectivity index (χ0) is 22.3. The van der Waals surface area contributed by atoms with Gasteiger partial charge in [0.25, 0.3) is 5.91 Å². The second kappa shape index (κ2) is 8.15. The van der Waals surface area contributed by atoms with Crippen molar-refractivity contribution in [3.63, 3.8) is 0 Å². The molecular weight excluding hydrogens is 409 g/mol. The standard InChI is InChI=1S/C25H28FN3OS/c1-6-16-7-9-18(10-8-16)27-24-28-23(30)22(31-24)12-17-11-19-15(2)14-25(3,4)29(5)21(19)13-20(17)26/h7-13,15H,6,14H2,1-5H3,(H,27,28,30)/b22-12+. The third-order valence-corrected chi connectivity index (χ3v) is 7.17. The van der Waals surface area contributed by atoms with Gasteiger partial charge < -0.3 is 10.2 Å². The number of nitrogens with one attached hydrogen (secondary N) is 1. The summed E-state index contributed by atoms with van der Waals surface area (Å²) >= 11 is 1.24. The average Bonchev–Trinajstić information content (AvgIpc) is 3.06. The van der Waals surface area contributed by atoms with E-state index in [0.29, 0.717) is 21.6 Å². The summed E-state index contributed by atoms with van der Waals surface area (Å²) in [7, 11) is 2.01. The highest BCUT2D eigenvalue weighted by Gasteiger charge is 2.35. The van der Waals surface area contributed by atoms with Gasteiger partial charge in [-0.25, -0.2) is 9.38 Å². The van der Waals surface area contributed by atoms with Crippen LogP contribution in [0.25, 0.3) is 6.08 Å². The Morgan fingerprint density at radius 3 is 2.68 bits per heavy atom. The summed E-state index contributed by atoms with van der Waals surface area (Å²) in [4.78, 5) is 19.6. The lowest BCUT2D eigenvalue weighted by molar-refractivity contribution is -0.115. The van der Waals surface area contributed by atoms with Gasteiger partial charge in [-0.05, 0) is 85.8 Å². The first-order chi connectivity index (χ1) is 14.7. The molecule has 1 fully saturated rings. The molecule has 1 atom stereocenters. The van der Waals surface area contributed by atoms with Gasteiger partial charge >= 0.3 is 0 Å². The minimum Gasteiger partial charge on any atom is -0.369 e. The lowest BCUT2D eigenvalue weighted by Crippen LogP contribution is -2.45. The van der Waals surface area contributed by atoms with Crippen LogP contribution in [-0.4, -0.2) is 23.7 Å². The van der Waals surface area contributed by atoms with Crippen molar-refractivity contribution in [1.82, 2.24) is 5.32 Å². The van der Waals surface area contributed by atoms with Crippen LogP contribution in [0.4, 0.5) is 15.8 Å². The predicted molar refractivity (Wildman–Crippen MR) is 129 cm³/mol. The summed E-state index contributed by atoms with van der Waals surface area (Å²) in [5.41, 5.74) is 4.46. The van der Waals surface area contributed by atoms with Gasteiger partial charge in [-0.3, -0.25) is 4.79 Å². The van der Waals surface area contributed by atoms with E-state index in [-0.39, 0.29) is 17.3 Å². The molecule has 1 amide bonds. The number of amides is 1. The van der Waals surface area contributed by atoms with E-state index in [2.05, 4.69) is 42.9 Å². The summed E-state index contributed by atoms with van der Waals surface area (Å²) in [5.74, 6) is -0.262. The molecule has 2 aromatic carbocycles. The highest BCUT2D eigenvalue weighted by atomic mass is 32.2. The molecule has 6 heteroatoms. The first-order valence-electron chi connectivity index (χ1n) is 10.6. The molecule has 4 rings (SSSR count). The van der Waals surface area contributed by atoms with E-state index < -0.39 is 0 Å². The van der Waals surface area contributed by atoms with Gasteiger partial charge in [-0.1, -0.05) is 26.0 Å². The predicted octanol–water partition coefficient (Wildman–Crippen LogP) is 6.00. The molecule has 2 aliphatic heterocycles. The second-order valence-corrected chi connectivity index (χ2v) is 9.94. The Morgan fingerprint density at radius 2 is 2.00 bits per heavy atom. The summed E-state index contributed by atoms with van der Waals surface area (Å²) in [6, 6.07) is 11.4. The Labute approximate surface area is 187 Å². The maximum atomic E-state index is 15.0. The molecule has 0 radical (unpaired) electrons. The maximum Gasteiger partial charge on any atom is 0.264 e. The fraction of sp³-hybridized carbons (Fsp3) is 0.360. The van der Waals surface area contributed by atoms with Crippen LogP contribution < -0.4 is 10.2 Å². The molecule has 4 nitrogen and oxygen atoms in total. The van der Waals surface area contributed by atoms with Crippen LogP contribution in [0, 0.1) is 5.82 Å². The fourth-order valence-corrected chi connectivity index (χ4v) is 5.09. The third-order valence-electron chi connectivity index (χ3n) is 6.26. The molecule has 0 bridgehead atoms. The van der Waals surface area contributed by atoms with Gasteiger partial charge in [0, 0.05) is 23.8 Å².